The fourth-order valence-corrected chi connectivity index (χ4v) is 3.14. The van der Waals surface area contributed by atoms with Crippen molar-refractivity contribution >= 4 is 27.2 Å². The molecule has 1 fully saturated rings. The highest BCUT2D eigenvalue weighted by atomic mass is 32.2. The monoisotopic (exact) mass is 315 g/mol. The van der Waals surface area contributed by atoms with Gasteiger partial charge in [-0.3, -0.25) is 10.1 Å². The lowest BCUT2D eigenvalue weighted by Crippen LogP contribution is -2.40. The van der Waals surface area contributed by atoms with E-state index in [4.69, 9.17) is 10.9 Å². The van der Waals surface area contributed by atoms with Crippen molar-refractivity contribution in [2.24, 2.45) is 10.9 Å². The Balaban J connectivity index is 2.37. The molecule has 3 N–H and O–H groups in total. The summed E-state index contributed by atoms with van der Waals surface area (Å²) in [5.41, 5.74) is 4.75. The summed E-state index contributed by atoms with van der Waals surface area (Å²) >= 11 is 0. The third-order valence-electron chi connectivity index (χ3n) is 3.07. The highest BCUT2D eigenvalue weighted by Gasteiger charge is 2.25. The van der Waals surface area contributed by atoms with Gasteiger partial charge < -0.3 is 15.8 Å². The maximum Gasteiger partial charge on any atom is 0.298 e. The second kappa shape index (κ2) is 5.52. The molecular formula is C10H13N5O5S. The molecule has 0 spiro atoms. The van der Waals surface area contributed by atoms with Gasteiger partial charge in [-0.05, 0) is 6.07 Å². The fourth-order valence-electron chi connectivity index (χ4n) is 1.94. The minimum atomic E-state index is -3.04. The first-order valence-electron chi connectivity index (χ1n) is 5.93. The van der Waals surface area contributed by atoms with Crippen molar-refractivity contribution in [3.05, 3.63) is 27.9 Å². The van der Waals surface area contributed by atoms with E-state index in [2.05, 4.69) is 10.1 Å². The van der Waals surface area contributed by atoms with E-state index in [-0.39, 0.29) is 30.3 Å². The molecule has 0 saturated carbocycles. The highest BCUT2D eigenvalue weighted by Crippen LogP contribution is 2.22. The average molecular weight is 315 g/mol. The van der Waals surface area contributed by atoms with Gasteiger partial charge in [0.1, 0.15) is 5.82 Å². The molecular weight excluding hydrogens is 302 g/mol. The summed E-state index contributed by atoms with van der Waals surface area (Å²) in [4.78, 5) is 15.9. The van der Waals surface area contributed by atoms with Gasteiger partial charge in [-0.2, -0.15) is 0 Å². The number of anilines is 1. The van der Waals surface area contributed by atoms with Crippen LogP contribution in [-0.2, 0) is 9.84 Å². The van der Waals surface area contributed by atoms with Crippen molar-refractivity contribution in [1.29, 1.82) is 0 Å². The number of amidine groups is 1. The van der Waals surface area contributed by atoms with Gasteiger partial charge in [0.05, 0.1) is 16.4 Å². The van der Waals surface area contributed by atoms with Gasteiger partial charge in [0, 0.05) is 19.2 Å². The molecule has 0 amide bonds. The number of rotatable bonds is 3. The minimum Gasteiger partial charge on any atom is -0.409 e. The van der Waals surface area contributed by atoms with Crippen LogP contribution >= 0.6 is 0 Å². The largest absolute Gasteiger partial charge is 0.409 e. The van der Waals surface area contributed by atoms with Crippen molar-refractivity contribution in [3.63, 3.8) is 0 Å². The Morgan fingerprint density at radius 1 is 1.43 bits per heavy atom. The molecule has 10 nitrogen and oxygen atoms in total. The molecule has 1 aromatic rings. The zero-order valence-electron chi connectivity index (χ0n) is 10.8. The molecule has 1 aliphatic rings. The molecule has 0 bridgehead atoms. The Bertz CT molecular complexity index is 688. The molecule has 0 aromatic carbocycles. The van der Waals surface area contributed by atoms with Crippen LogP contribution in [0.2, 0.25) is 0 Å². The lowest BCUT2D eigenvalue weighted by atomic mass is 10.2. The van der Waals surface area contributed by atoms with Gasteiger partial charge in [0.2, 0.25) is 0 Å². The Morgan fingerprint density at radius 2 is 2.05 bits per heavy atom. The van der Waals surface area contributed by atoms with Crippen molar-refractivity contribution in [1.82, 2.24) is 4.98 Å². The van der Waals surface area contributed by atoms with E-state index >= 15 is 0 Å². The van der Waals surface area contributed by atoms with Crippen molar-refractivity contribution < 1.29 is 18.5 Å². The predicted molar refractivity (Wildman–Crippen MR) is 74.3 cm³/mol. The number of pyridine rings is 1. The minimum absolute atomic E-state index is 0.00935. The van der Waals surface area contributed by atoms with Gasteiger partial charge >= 0.3 is 0 Å². The first-order valence-corrected chi connectivity index (χ1v) is 7.75. The number of nitrogens with two attached hydrogens (primary N) is 1. The summed E-state index contributed by atoms with van der Waals surface area (Å²) in [5, 5.41) is 22.3. The van der Waals surface area contributed by atoms with E-state index in [0.29, 0.717) is 5.82 Å². The molecule has 1 saturated heterocycles. The molecule has 1 aliphatic heterocycles. The predicted octanol–water partition coefficient (Wildman–Crippen LogP) is -0.681. The molecule has 0 aliphatic carbocycles. The third-order valence-corrected chi connectivity index (χ3v) is 4.68. The standard InChI is InChI=1S/C10H13N5O5S/c11-10(13-16)9-7(15(17)18)1-2-8(12-9)14-3-5-21(19,20)6-4-14/h1-2,16H,3-6H2,(H2,11,13). The summed E-state index contributed by atoms with van der Waals surface area (Å²) < 4.78 is 22.8. The molecule has 11 heteroatoms. The average Bonchev–Trinajstić information content (AvgIpc) is 2.45. The van der Waals surface area contributed by atoms with Crippen molar-refractivity contribution in [2.45, 2.75) is 0 Å². The number of sulfone groups is 1. The lowest BCUT2D eigenvalue weighted by Gasteiger charge is -2.27. The van der Waals surface area contributed by atoms with Crippen LogP contribution < -0.4 is 10.6 Å². The molecule has 1 aromatic heterocycles. The number of nitro groups is 1. The van der Waals surface area contributed by atoms with E-state index in [0.717, 1.165) is 0 Å². The van der Waals surface area contributed by atoms with Crippen molar-refractivity contribution in [2.75, 3.05) is 29.5 Å². The Labute approximate surface area is 119 Å². The molecule has 2 rings (SSSR count). The zero-order chi connectivity index (χ0) is 15.6. The van der Waals surface area contributed by atoms with Gasteiger partial charge in [-0.1, -0.05) is 5.16 Å². The van der Waals surface area contributed by atoms with Gasteiger partial charge in [0.25, 0.3) is 5.69 Å². The molecule has 114 valence electrons. The Kier molecular flexibility index (Phi) is 3.93. The summed E-state index contributed by atoms with van der Waals surface area (Å²) in [6.07, 6.45) is 0. The Hall–Kier alpha value is -2.43. The summed E-state index contributed by atoms with van der Waals surface area (Å²) in [6.45, 7) is 0.478. The SMILES string of the molecule is N/C(=N/O)c1nc(N2CCS(=O)(=O)CC2)ccc1[N+](=O)[O-]. The van der Waals surface area contributed by atoms with Crippen LogP contribution in [0.15, 0.2) is 17.3 Å². The van der Waals surface area contributed by atoms with E-state index in [1.54, 1.807) is 4.90 Å². The maximum absolute atomic E-state index is 11.4. The topological polar surface area (TPSA) is 152 Å². The maximum atomic E-state index is 11.4. The first kappa shape index (κ1) is 15.0. The molecule has 0 radical (unpaired) electrons. The zero-order valence-corrected chi connectivity index (χ0v) is 11.7. The number of nitrogens with zero attached hydrogens (tertiary/aromatic N) is 4. The number of hydrogen-bond acceptors (Lipinski definition) is 8. The van der Waals surface area contributed by atoms with Crippen LogP contribution in [0.3, 0.4) is 0 Å². The smallest absolute Gasteiger partial charge is 0.298 e. The fraction of sp³-hybridized carbons (Fsp3) is 0.400. The van der Waals surface area contributed by atoms with Crippen LogP contribution in [0.4, 0.5) is 11.5 Å². The summed E-state index contributed by atoms with van der Waals surface area (Å²) in [6, 6.07) is 2.60. The molecule has 0 atom stereocenters. The Morgan fingerprint density at radius 3 is 2.57 bits per heavy atom. The van der Waals surface area contributed by atoms with Crippen LogP contribution in [0, 0.1) is 10.1 Å². The van der Waals surface area contributed by atoms with Crippen LogP contribution in [0.1, 0.15) is 5.69 Å². The molecule has 2 heterocycles. The number of oxime groups is 1. The van der Waals surface area contributed by atoms with Crippen LogP contribution in [-0.4, -0.2) is 54.0 Å². The van der Waals surface area contributed by atoms with E-state index < -0.39 is 26.3 Å². The van der Waals surface area contributed by atoms with Crippen LogP contribution in [0.5, 0.6) is 0 Å². The number of aromatic nitrogens is 1. The second-order valence-electron chi connectivity index (χ2n) is 4.42. The van der Waals surface area contributed by atoms with Gasteiger partial charge in [-0.15, -0.1) is 0 Å². The summed E-state index contributed by atoms with van der Waals surface area (Å²) in [7, 11) is -3.04. The van der Waals surface area contributed by atoms with E-state index in [1.807, 2.05) is 0 Å². The first-order chi connectivity index (χ1) is 9.84. The highest BCUT2D eigenvalue weighted by molar-refractivity contribution is 7.91. The van der Waals surface area contributed by atoms with E-state index in [9.17, 15) is 18.5 Å². The molecule has 21 heavy (non-hydrogen) atoms. The van der Waals surface area contributed by atoms with Crippen molar-refractivity contribution in [3.8, 4) is 0 Å². The normalized spacial score (nSPS) is 18.5. The van der Waals surface area contributed by atoms with Crippen LogP contribution in [0.25, 0.3) is 0 Å². The second-order valence-corrected chi connectivity index (χ2v) is 6.72. The third kappa shape index (κ3) is 3.18. The van der Waals surface area contributed by atoms with Gasteiger partial charge in [-0.25, -0.2) is 13.4 Å². The lowest BCUT2D eigenvalue weighted by molar-refractivity contribution is -0.385. The van der Waals surface area contributed by atoms with Gasteiger partial charge in [0.15, 0.2) is 21.4 Å². The number of hydrogen-bond donors (Lipinski definition) is 2. The molecule has 0 unspecified atom stereocenters. The van der Waals surface area contributed by atoms with E-state index in [1.165, 1.54) is 12.1 Å². The summed E-state index contributed by atoms with van der Waals surface area (Å²) in [5.74, 6) is -0.153. The quantitative estimate of drug-likeness (QED) is 0.244.